The van der Waals surface area contributed by atoms with Gasteiger partial charge in [0.05, 0.1) is 17.5 Å². The number of fused-ring (bicyclic) bond motifs is 1. The van der Waals surface area contributed by atoms with Crippen LogP contribution in [-0.4, -0.2) is 28.4 Å². The predicted molar refractivity (Wildman–Crippen MR) is 92.5 cm³/mol. The van der Waals surface area contributed by atoms with Gasteiger partial charge in [-0.05, 0) is 30.3 Å². The Balaban J connectivity index is 1.87. The van der Waals surface area contributed by atoms with E-state index in [1.54, 1.807) is 17.7 Å². The maximum atomic E-state index is 13.2. The summed E-state index contributed by atoms with van der Waals surface area (Å²) in [6.07, 6.45) is 0.0679. The molecule has 1 aromatic heterocycles. The van der Waals surface area contributed by atoms with Crippen molar-refractivity contribution in [1.29, 1.82) is 0 Å². The Kier molecular flexibility index (Phi) is 4.74. The molecule has 0 saturated carbocycles. The van der Waals surface area contributed by atoms with Crippen LogP contribution >= 0.6 is 0 Å². The Morgan fingerprint density at radius 1 is 1.12 bits per heavy atom. The minimum absolute atomic E-state index is 0.0245. The molecule has 0 saturated heterocycles. The number of halogens is 1. The fourth-order valence-corrected chi connectivity index (χ4v) is 2.58. The molecule has 2 amide bonds. The van der Waals surface area contributed by atoms with E-state index in [0.717, 1.165) is 5.52 Å². The number of nitrogens with zero attached hydrogens (tertiary/aromatic N) is 2. The van der Waals surface area contributed by atoms with Gasteiger partial charge in [-0.3, -0.25) is 9.59 Å². The van der Waals surface area contributed by atoms with Crippen LogP contribution in [0.3, 0.4) is 0 Å². The highest BCUT2D eigenvalue weighted by Gasteiger charge is 2.16. The number of carbonyl (C=O) groups is 2. The zero-order valence-electron chi connectivity index (χ0n) is 13.6. The van der Waals surface area contributed by atoms with Crippen molar-refractivity contribution >= 4 is 28.5 Å². The lowest BCUT2D eigenvalue weighted by Crippen LogP contribution is -2.25. The summed E-state index contributed by atoms with van der Waals surface area (Å²) in [7, 11) is 1.55. The Morgan fingerprint density at radius 2 is 1.92 bits per heavy atom. The van der Waals surface area contributed by atoms with Gasteiger partial charge in [0.15, 0.2) is 0 Å². The normalized spacial score (nSPS) is 10.6. The van der Waals surface area contributed by atoms with E-state index in [-0.39, 0.29) is 24.8 Å². The topological polar surface area (TPSA) is 76.0 Å². The minimum atomic E-state index is -0.425. The Bertz CT molecular complexity index is 936. The summed E-state index contributed by atoms with van der Waals surface area (Å²) in [5.74, 6) is -0.449. The van der Waals surface area contributed by atoms with Gasteiger partial charge in [0.2, 0.25) is 11.8 Å². The van der Waals surface area contributed by atoms with Crippen LogP contribution in [0.25, 0.3) is 11.0 Å². The number of aromatic nitrogens is 2. The molecule has 128 valence electrons. The fourth-order valence-electron chi connectivity index (χ4n) is 2.58. The van der Waals surface area contributed by atoms with Crippen LogP contribution < -0.4 is 10.6 Å². The Hall–Kier alpha value is -3.22. The van der Waals surface area contributed by atoms with E-state index < -0.39 is 5.82 Å². The van der Waals surface area contributed by atoms with Gasteiger partial charge in [0, 0.05) is 12.7 Å². The van der Waals surface area contributed by atoms with Gasteiger partial charge in [-0.1, -0.05) is 18.2 Å². The molecule has 2 aromatic carbocycles. The van der Waals surface area contributed by atoms with Gasteiger partial charge in [-0.2, -0.15) is 0 Å². The zero-order valence-corrected chi connectivity index (χ0v) is 13.6. The molecule has 0 unspecified atom stereocenters. The van der Waals surface area contributed by atoms with Crippen molar-refractivity contribution < 1.29 is 14.0 Å². The number of para-hydroxylation sites is 2. The fraction of sp³-hybridized carbons (Fsp3) is 0.167. The van der Waals surface area contributed by atoms with E-state index in [1.807, 2.05) is 24.3 Å². The van der Waals surface area contributed by atoms with Crippen molar-refractivity contribution in [2.75, 3.05) is 12.4 Å². The molecule has 3 rings (SSSR count). The number of imidazole rings is 1. The highest BCUT2D eigenvalue weighted by molar-refractivity contribution is 5.92. The minimum Gasteiger partial charge on any atom is -0.359 e. The average Bonchev–Trinajstić information content (AvgIpc) is 2.92. The van der Waals surface area contributed by atoms with E-state index in [2.05, 4.69) is 15.6 Å². The van der Waals surface area contributed by atoms with Gasteiger partial charge in [0.1, 0.15) is 18.2 Å². The molecule has 7 heteroatoms. The lowest BCUT2D eigenvalue weighted by atomic mass is 10.3. The molecule has 0 bridgehead atoms. The number of carbonyl (C=O) groups excluding carboxylic acids is 2. The van der Waals surface area contributed by atoms with Crippen molar-refractivity contribution in [1.82, 2.24) is 14.9 Å². The molecular formula is C18H17FN4O2. The van der Waals surface area contributed by atoms with E-state index in [0.29, 0.717) is 17.0 Å². The zero-order chi connectivity index (χ0) is 17.8. The molecule has 6 nitrogen and oxygen atoms in total. The SMILES string of the molecule is CNC(=O)Cc1nc2ccccc2n1CC(=O)Nc1cccc(F)c1. The number of rotatable bonds is 5. The van der Waals surface area contributed by atoms with Crippen LogP contribution in [0.2, 0.25) is 0 Å². The first-order valence-corrected chi connectivity index (χ1v) is 7.77. The third kappa shape index (κ3) is 3.82. The number of hydrogen-bond acceptors (Lipinski definition) is 3. The van der Waals surface area contributed by atoms with Crippen LogP contribution in [0.1, 0.15) is 5.82 Å². The van der Waals surface area contributed by atoms with Crippen LogP contribution in [0.15, 0.2) is 48.5 Å². The molecule has 25 heavy (non-hydrogen) atoms. The van der Waals surface area contributed by atoms with E-state index in [1.165, 1.54) is 18.2 Å². The number of amides is 2. The second-order valence-electron chi connectivity index (χ2n) is 5.51. The van der Waals surface area contributed by atoms with Crippen molar-refractivity contribution in [3.63, 3.8) is 0 Å². The monoisotopic (exact) mass is 340 g/mol. The predicted octanol–water partition coefficient (Wildman–Crippen LogP) is 2.10. The summed E-state index contributed by atoms with van der Waals surface area (Å²) >= 11 is 0. The third-order valence-electron chi connectivity index (χ3n) is 3.74. The Morgan fingerprint density at radius 3 is 2.68 bits per heavy atom. The average molecular weight is 340 g/mol. The Labute approximate surface area is 143 Å². The number of nitrogens with one attached hydrogen (secondary N) is 2. The molecule has 1 heterocycles. The first-order chi connectivity index (χ1) is 12.1. The van der Waals surface area contributed by atoms with Crippen LogP contribution in [0.5, 0.6) is 0 Å². The van der Waals surface area contributed by atoms with Crippen LogP contribution in [-0.2, 0) is 22.6 Å². The summed E-state index contributed by atoms with van der Waals surface area (Å²) in [4.78, 5) is 28.5. The van der Waals surface area contributed by atoms with Crippen molar-refractivity contribution in [2.45, 2.75) is 13.0 Å². The number of anilines is 1. The molecular weight excluding hydrogens is 323 g/mol. The molecule has 0 aliphatic heterocycles. The highest BCUT2D eigenvalue weighted by atomic mass is 19.1. The molecule has 0 spiro atoms. The first-order valence-electron chi connectivity index (χ1n) is 7.77. The van der Waals surface area contributed by atoms with E-state index in [4.69, 9.17) is 0 Å². The molecule has 0 aliphatic carbocycles. The van der Waals surface area contributed by atoms with E-state index in [9.17, 15) is 14.0 Å². The number of likely N-dealkylation sites (N-methyl/N-ethyl adjacent to an activating group) is 1. The third-order valence-corrected chi connectivity index (χ3v) is 3.74. The van der Waals surface area contributed by atoms with Gasteiger partial charge in [-0.15, -0.1) is 0 Å². The second-order valence-corrected chi connectivity index (χ2v) is 5.51. The van der Waals surface area contributed by atoms with Gasteiger partial charge in [0.25, 0.3) is 0 Å². The molecule has 0 fully saturated rings. The standard InChI is InChI=1S/C18H17FN4O2/c1-20-17(24)10-16-22-14-7-2-3-8-15(14)23(16)11-18(25)21-13-6-4-5-12(19)9-13/h2-9H,10-11H2,1H3,(H,20,24)(H,21,25). The summed E-state index contributed by atoms with van der Waals surface area (Å²) in [5, 5.41) is 5.20. The summed E-state index contributed by atoms with van der Waals surface area (Å²) in [6, 6.07) is 13.0. The van der Waals surface area contributed by atoms with Gasteiger partial charge >= 0.3 is 0 Å². The van der Waals surface area contributed by atoms with E-state index >= 15 is 0 Å². The summed E-state index contributed by atoms with van der Waals surface area (Å²) < 4.78 is 14.9. The van der Waals surface area contributed by atoms with Crippen molar-refractivity contribution in [3.05, 3.63) is 60.2 Å². The molecule has 0 aliphatic rings. The molecule has 0 atom stereocenters. The van der Waals surface area contributed by atoms with Crippen molar-refractivity contribution in [3.8, 4) is 0 Å². The highest BCUT2D eigenvalue weighted by Crippen LogP contribution is 2.17. The number of hydrogen-bond donors (Lipinski definition) is 2. The smallest absolute Gasteiger partial charge is 0.244 e. The van der Waals surface area contributed by atoms with Gasteiger partial charge < -0.3 is 15.2 Å². The maximum Gasteiger partial charge on any atom is 0.244 e. The molecule has 3 aromatic rings. The quantitative estimate of drug-likeness (QED) is 0.747. The molecule has 0 radical (unpaired) electrons. The van der Waals surface area contributed by atoms with Crippen molar-refractivity contribution in [2.24, 2.45) is 0 Å². The first kappa shape index (κ1) is 16.6. The summed E-state index contributed by atoms with van der Waals surface area (Å²) in [6.45, 7) is -0.0245. The number of benzene rings is 2. The lowest BCUT2D eigenvalue weighted by Gasteiger charge is -2.10. The summed E-state index contributed by atoms with van der Waals surface area (Å²) in [5.41, 5.74) is 1.85. The lowest BCUT2D eigenvalue weighted by molar-refractivity contribution is -0.120. The molecule has 2 N–H and O–H groups in total. The van der Waals surface area contributed by atoms with Crippen LogP contribution in [0.4, 0.5) is 10.1 Å². The van der Waals surface area contributed by atoms with Crippen LogP contribution in [0, 0.1) is 5.82 Å². The second kappa shape index (κ2) is 7.12. The largest absolute Gasteiger partial charge is 0.359 e. The maximum absolute atomic E-state index is 13.2. The van der Waals surface area contributed by atoms with Gasteiger partial charge in [-0.25, -0.2) is 9.37 Å².